The summed E-state index contributed by atoms with van der Waals surface area (Å²) in [5.74, 6) is -0.143. The summed E-state index contributed by atoms with van der Waals surface area (Å²) in [6.45, 7) is 1.44. The average molecular weight is 201 g/mol. The molecule has 1 saturated carbocycles. The van der Waals surface area contributed by atoms with Gasteiger partial charge >= 0.3 is 0 Å². The lowest BCUT2D eigenvalue weighted by molar-refractivity contribution is -0.119. The van der Waals surface area contributed by atoms with Crippen molar-refractivity contribution in [3.63, 3.8) is 0 Å². The minimum Gasteiger partial charge on any atom is -0.359 e. The molecule has 0 bridgehead atoms. The molecule has 0 aliphatic heterocycles. The molecule has 0 radical (unpaired) electrons. The van der Waals surface area contributed by atoms with Gasteiger partial charge in [-0.2, -0.15) is 0 Å². The van der Waals surface area contributed by atoms with E-state index in [0.29, 0.717) is 11.2 Å². The largest absolute Gasteiger partial charge is 0.359 e. The molecule has 74 valence electrons. The molecule has 0 aromatic rings. The maximum absolute atomic E-state index is 10.5. The zero-order valence-corrected chi connectivity index (χ0v) is 8.54. The smallest absolute Gasteiger partial charge is 0.235 e. The standard InChI is InChI=1S/C8H15N3OS/c1-6(12)10-11-8(13)9-7-4-2-3-5-7/h7H,2-5H2,1H3,(H,10,12)(H2,9,11,13). The summed E-state index contributed by atoms with van der Waals surface area (Å²) in [6.07, 6.45) is 4.87. The van der Waals surface area contributed by atoms with Gasteiger partial charge in [-0.05, 0) is 25.1 Å². The fourth-order valence-corrected chi connectivity index (χ4v) is 1.65. The van der Waals surface area contributed by atoms with Crippen molar-refractivity contribution in [3.8, 4) is 0 Å². The van der Waals surface area contributed by atoms with Crippen molar-refractivity contribution >= 4 is 23.2 Å². The predicted octanol–water partition coefficient (Wildman–Crippen LogP) is 0.444. The second-order valence-electron chi connectivity index (χ2n) is 3.26. The van der Waals surface area contributed by atoms with E-state index in [4.69, 9.17) is 12.2 Å². The van der Waals surface area contributed by atoms with Crippen molar-refractivity contribution in [1.29, 1.82) is 0 Å². The van der Waals surface area contributed by atoms with Gasteiger partial charge < -0.3 is 5.32 Å². The Labute approximate surface area is 83.4 Å². The molecule has 1 fully saturated rings. The summed E-state index contributed by atoms with van der Waals surface area (Å²) in [6, 6.07) is 0.480. The number of amides is 1. The van der Waals surface area contributed by atoms with Crippen molar-refractivity contribution in [2.75, 3.05) is 0 Å². The molecular weight excluding hydrogens is 186 g/mol. The second kappa shape index (κ2) is 5.01. The van der Waals surface area contributed by atoms with Crippen molar-refractivity contribution < 1.29 is 4.79 Å². The molecule has 3 N–H and O–H groups in total. The molecule has 0 spiro atoms. The molecule has 0 unspecified atom stereocenters. The SMILES string of the molecule is CC(=O)NNC(=S)NC1CCCC1. The van der Waals surface area contributed by atoms with Crippen LogP contribution in [0.4, 0.5) is 0 Å². The molecule has 5 heteroatoms. The molecule has 0 saturated heterocycles. The topological polar surface area (TPSA) is 53.2 Å². The molecule has 0 aromatic heterocycles. The minimum absolute atomic E-state index is 0.143. The van der Waals surface area contributed by atoms with Gasteiger partial charge in [0.25, 0.3) is 0 Å². The van der Waals surface area contributed by atoms with Crippen LogP contribution in [0, 0.1) is 0 Å². The first kappa shape index (κ1) is 10.2. The van der Waals surface area contributed by atoms with Crippen LogP contribution in [0.15, 0.2) is 0 Å². The van der Waals surface area contributed by atoms with Gasteiger partial charge in [-0.1, -0.05) is 12.8 Å². The number of hydrazine groups is 1. The molecule has 1 amide bonds. The summed E-state index contributed by atoms with van der Waals surface area (Å²) < 4.78 is 0. The average Bonchev–Trinajstić information content (AvgIpc) is 2.53. The molecule has 1 rings (SSSR count). The third-order valence-corrected chi connectivity index (χ3v) is 2.26. The Morgan fingerprint density at radius 1 is 1.31 bits per heavy atom. The van der Waals surface area contributed by atoms with Gasteiger partial charge in [0.05, 0.1) is 0 Å². The lowest BCUT2D eigenvalue weighted by Crippen LogP contribution is -2.48. The molecule has 1 aliphatic rings. The van der Waals surface area contributed by atoms with Crippen LogP contribution in [0.1, 0.15) is 32.6 Å². The molecule has 0 atom stereocenters. The minimum atomic E-state index is -0.143. The van der Waals surface area contributed by atoms with Crippen LogP contribution in [0.5, 0.6) is 0 Å². The quantitative estimate of drug-likeness (QED) is 0.426. The van der Waals surface area contributed by atoms with Crippen LogP contribution < -0.4 is 16.2 Å². The Bertz CT molecular complexity index is 202. The first-order chi connectivity index (χ1) is 6.18. The first-order valence-electron chi connectivity index (χ1n) is 4.51. The number of nitrogens with one attached hydrogen (secondary N) is 3. The van der Waals surface area contributed by atoms with E-state index in [2.05, 4.69) is 16.2 Å². The third-order valence-electron chi connectivity index (χ3n) is 2.04. The summed E-state index contributed by atoms with van der Waals surface area (Å²) in [5, 5.41) is 3.64. The van der Waals surface area contributed by atoms with Crippen LogP contribution >= 0.6 is 12.2 Å². The highest BCUT2D eigenvalue weighted by atomic mass is 32.1. The Morgan fingerprint density at radius 3 is 2.46 bits per heavy atom. The third kappa shape index (κ3) is 4.07. The van der Waals surface area contributed by atoms with E-state index in [-0.39, 0.29) is 5.91 Å². The van der Waals surface area contributed by atoms with Crippen molar-refractivity contribution in [1.82, 2.24) is 16.2 Å². The Kier molecular flexibility index (Phi) is 3.95. The monoisotopic (exact) mass is 201 g/mol. The highest BCUT2D eigenvalue weighted by Crippen LogP contribution is 2.17. The Morgan fingerprint density at radius 2 is 1.92 bits per heavy atom. The van der Waals surface area contributed by atoms with Crippen LogP contribution in [0.3, 0.4) is 0 Å². The maximum atomic E-state index is 10.5. The van der Waals surface area contributed by atoms with E-state index < -0.39 is 0 Å². The Hall–Kier alpha value is -0.840. The van der Waals surface area contributed by atoms with E-state index >= 15 is 0 Å². The summed E-state index contributed by atoms with van der Waals surface area (Å²) in [5.41, 5.74) is 5.06. The van der Waals surface area contributed by atoms with Crippen molar-refractivity contribution in [2.45, 2.75) is 38.6 Å². The van der Waals surface area contributed by atoms with Gasteiger partial charge in [0.1, 0.15) is 0 Å². The van der Waals surface area contributed by atoms with E-state index in [9.17, 15) is 4.79 Å². The summed E-state index contributed by atoms with van der Waals surface area (Å²) in [4.78, 5) is 10.5. The van der Waals surface area contributed by atoms with E-state index in [1.165, 1.54) is 32.6 Å². The normalized spacial score (nSPS) is 16.7. The molecular formula is C8H15N3OS. The molecule has 1 aliphatic carbocycles. The first-order valence-corrected chi connectivity index (χ1v) is 4.92. The number of carbonyl (C=O) groups excluding carboxylic acids is 1. The number of carbonyl (C=O) groups is 1. The van der Waals surface area contributed by atoms with Crippen LogP contribution in [0.25, 0.3) is 0 Å². The molecule has 0 heterocycles. The molecule has 4 nitrogen and oxygen atoms in total. The zero-order chi connectivity index (χ0) is 9.68. The maximum Gasteiger partial charge on any atom is 0.235 e. The Balaban J connectivity index is 2.13. The van der Waals surface area contributed by atoms with E-state index in [1.54, 1.807) is 0 Å². The van der Waals surface area contributed by atoms with Crippen LogP contribution in [0.2, 0.25) is 0 Å². The van der Waals surface area contributed by atoms with Gasteiger partial charge in [0.2, 0.25) is 5.91 Å². The van der Waals surface area contributed by atoms with Gasteiger partial charge in [-0.3, -0.25) is 15.6 Å². The van der Waals surface area contributed by atoms with Gasteiger partial charge in [-0.15, -0.1) is 0 Å². The number of hydrogen-bond donors (Lipinski definition) is 3. The van der Waals surface area contributed by atoms with Crippen molar-refractivity contribution in [2.24, 2.45) is 0 Å². The fourth-order valence-electron chi connectivity index (χ4n) is 1.44. The zero-order valence-electron chi connectivity index (χ0n) is 7.72. The number of rotatable bonds is 1. The number of thiocarbonyl (C=S) groups is 1. The van der Waals surface area contributed by atoms with E-state index in [0.717, 1.165) is 0 Å². The van der Waals surface area contributed by atoms with Gasteiger partial charge in [-0.25, -0.2) is 0 Å². The number of hydrogen-bond acceptors (Lipinski definition) is 2. The fraction of sp³-hybridized carbons (Fsp3) is 0.750. The van der Waals surface area contributed by atoms with Crippen molar-refractivity contribution in [3.05, 3.63) is 0 Å². The summed E-state index contributed by atoms with van der Waals surface area (Å²) in [7, 11) is 0. The lowest BCUT2D eigenvalue weighted by Gasteiger charge is -2.15. The highest BCUT2D eigenvalue weighted by molar-refractivity contribution is 7.80. The second-order valence-corrected chi connectivity index (χ2v) is 3.67. The van der Waals surface area contributed by atoms with Crippen LogP contribution in [-0.4, -0.2) is 17.1 Å². The highest BCUT2D eigenvalue weighted by Gasteiger charge is 2.15. The van der Waals surface area contributed by atoms with Gasteiger partial charge in [0, 0.05) is 13.0 Å². The summed E-state index contributed by atoms with van der Waals surface area (Å²) >= 11 is 4.97. The van der Waals surface area contributed by atoms with Crippen LogP contribution in [-0.2, 0) is 4.79 Å². The predicted molar refractivity (Wildman–Crippen MR) is 54.9 cm³/mol. The molecule has 0 aromatic carbocycles. The van der Waals surface area contributed by atoms with E-state index in [1.807, 2.05) is 0 Å². The molecule has 13 heavy (non-hydrogen) atoms. The lowest BCUT2D eigenvalue weighted by atomic mass is 10.3. The van der Waals surface area contributed by atoms with Gasteiger partial charge in [0.15, 0.2) is 5.11 Å².